The predicted molar refractivity (Wildman–Crippen MR) is 58.2 cm³/mol. The molecule has 0 spiro atoms. The number of rotatable bonds is 1. The standard InChI is InChI=1S/C9H9BrN4/c1-6-7(11)5-12-14(6)9-4-2-3-8(10)13-9/h2-5H,11H2,1H3. The van der Waals surface area contributed by atoms with E-state index in [-0.39, 0.29) is 0 Å². The zero-order valence-electron chi connectivity index (χ0n) is 7.61. The number of anilines is 1. The Morgan fingerprint density at radius 2 is 2.21 bits per heavy atom. The van der Waals surface area contributed by atoms with E-state index in [1.54, 1.807) is 10.9 Å². The Bertz CT molecular complexity index is 464. The molecule has 0 radical (unpaired) electrons. The van der Waals surface area contributed by atoms with Crippen LogP contribution >= 0.6 is 15.9 Å². The van der Waals surface area contributed by atoms with Crippen LogP contribution in [-0.4, -0.2) is 14.8 Å². The van der Waals surface area contributed by atoms with Crippen LogP contribution in [0.2, 0.25) is 0 Å². The summed E-state index contributed by atoms with van der Waals surface area (Å²) >= 11 is 3.31. The van der Waals surface area contributed by atoms with E-state index < -0.39 is 0 Å². The summed E-state index contributed by atoms with van der Waals surface area (Å²) < 4.78 is 2.49. The van der Waals surface area contributed by atoms with Crippen LogP contribution in [0, 0.1) is 6.92 Å². The van der Waals surface area contributed by atoms with Crippen molar-refractivity contribution in [1.82, 2.24) is 14.8 Å². The molecule has 4 nitrogen and oxygen atoms in total. The first-order valence-electron chi connectivity index (χ1n) is 4.11. The fourth-order valence-corrected chi connectivity index (χ4v) is 1.50. The Balaban J connectivity index is 2.55. The lowest BCUT2D eigenvalue weighted by Crippen LogP contribution is -2.02. The van der Waals surface area contributed by atoms with E-state index in [0.717, 1.165) is 16.1 Å². The quantitative estimate of drug-likeness (QED) is 0.790. The van der Waals surface area contributed by atoms with Gasteiger partial charge in [-0.1, -0.05) is 6.07 Å². The van der Waals surface area contributed by atoms with E-state index in [0.29, 0.717) is 5.69 Å². The Morgan fingerprint density at radius 1 is 1.43 bits per heavy atom. The first kappa shape index (κ1) is 9.21. The molecule has 0 amide bonds. The highest BCUT2D eigenvalue weighted by molar-refractivity contribution is 9.10. The number of halogens is 1. The zero-order chi connectivity index (χ0) is 10.1. The molecule has 5 heteroatoms. The zero-order valence-corrected chi connectivity index (χ0v) is 9.19. The summed E-state index contributed by atoms with van der Waals surface area (Å²) in [4.78, 5) is 4.28. The van der Waals surface area contributed by atoms with Gasteiger partial charge in [-0.05, 0) is 35.0 Å². The second kappa shape index (κ2) is 3.42. The second-order valence-electron chi connectivity index (χ2n) is 2.92. The molecular formula is C9H9BrN4. The minimum atomic E-state index is 0.673. The van der Waals surface area contributed by atoms with Crippen molar-refractivity contribution in [3.8, 4) is 5.82 Å². The van der Waals surface area contributed by atoms with Gasteiger partial charge in [-0.2, -0.15) is 5.10 Å². The van der Waals surface area contributed by atoms with Crippen molar-refractivity contribution in [3.63, 3.8) is 0 Å². The third-order valence-corrected chi connectivity index (χ3v) is 2.41. The van der Waals surface area contributed by atoms with Gasteiger partial charge < -0.3 is 5.73 Å². The van der Waals surface area contributed by atoms with Crippen molar-refractivity contribution in [2.24, 2.45) is 0 Å². The SMILES string of the molecule is Cc1c(N)cnn1-c1cccc(Br)n1. The molecule has 0 fully saturated rings. The topological polar surface area (TPSA) is 56.7 Å². The molecule has 0 atom stereocenters. The molecular weight excluding hydrogens is 244 g/mol. The van der Waals surface area contributed by atoms with Gasteiger partial charge in [0.05, 0.1) is 17.6 Å². The minimum absolute atomic E-state index is 0.673. The Morgan fingerprint density at radius 3 is 2.79 bits per heavy atom. The Hall–Kier alpha value is -1.36. The van der Waals surface area contributed by atoms with Gasteiger partial charge in [0, 0.05) is 0 Å². The van der Waals surface area contributed by atoms with Crippen LogP contribution in [0.25, 0.3) is 5.82 Å². The lowest BCUT2D eigenvalue weighted by atomic mass is 10.4. The third-order valence-electron chi connectivity index (χ3n) is 1.97. The van der Waals surface area contributed by atoms with Crippen LogP contribution in [0.1, 0.15) is 5.69 Å². The number of pyridine rings is 1. The molecule has 0 aliphatic carbocycles. The highest BCUT2D eigenvalue weighted by atomic mass is 79.9. The molecule has 0 saturated carbocycles. The van der Waals surface area contributed by atoms with Gasteiger partial charge in [-0.15, -0.1) is 0 Å². The van der Waals surface area contributed by atoms with Crippen molar-refractivity contribution in [2.45, 2.75) is 6.92 Å². The summed E-state index contributed by atoms with van der Waals surface area (Å²) in [6.45, 7) is 1.91. The fraction of sp³-hybridized carbons (Fsp3) is 0.111. The molecule has 0 aromatic carbocycles. The second-order valence-corrected chi connectivity index (χ2v) is 3.73. The molecule has 0 aliphatic heterocycles. The highest BCUT2D eigenvalue weighted by Gasteiger charge is 2.05. The number of nitrogens with zero attached hydrogens (tertiary/aromatic N) is 3. The molecule has 2 heterocycles. The maximum Gasteiger partial charge on any atom is 0.155 e. The first-order chi connectivity index (χ1) is 6.68. The number of nitrogen functional groups attached to an aromatic ring is 1. The van der Waals surface area contributed by atoms with Crippen LogP contribution in [-0.2, 0) is 0 Å². The number of aromatic nitrogens is 3. The molecule has 0 unspecified atom stereocenters. The molecule has 0 bridgehead atoms. The largest absolute Gasteiger partial charge is 0.396 e. The average Bonchev–Trinajstić information content (AvgIpc) is 2.48. The molecule has 2 aromatic heterocycles. The van der Waals surface area contributed by atoms with E-state index in [9.17, 15) is 0 Å². The monoisotopic (exact) mass is 252 g/mol. The molecule has 2 aromatic rings. The van der Waals surface area contributed by atoms with Gasteiger partial charge in [0.2, 0.25) is 0 Å². The summed E-state index contributed by atoms with van der Waals surface area (Å²) in [6.07, 6.45) is 1.62. The third kappa shape index (κ3) is 1.50. The lowest BCUT2D eigenvalue weighted by molar-refractivity contribution is 0.815. The number of hydrogen-bond donors (Lipinski definition) is 1. The minimum Gasteiger partial charge on any atom is -0.396 e. The maximum atomic E-state index is 5.69. The van der Waals surface area contributed by atoms with Crippen molar-refractivity contribution in [1.29, 1.82) is 0 Å². The van der Waals surface area contributed by atoms with Crippen LogP contribution < -0.4 is 5.73 Å². The van der Waals surface area contributed by atoms with E-state index in [4.69, 9.17) is 5.73 Å². The van der Waals surface area contributed by atoms with Gasteiger partial charge in [-0.3, -0.25) is 0 Å². The van der Waals surface area contributed by atoms with Gasteiger partial charge in [0.15, 0.2) is 5.82 Å². The number of hydrogen-bond acceptors (Lipinski definition) is 3. The van der Waals surface area contributed by atoms with Gasteiger partial charge in [0.25, 0.3) is 0 Å². The average molecular weight is 253 g/mol. The predicted octanol–water partition coefficient (Wildman–Crippen LogP) is 1.92. The molecule has 72 valence electrons. The maximum absolute atomic E-state index is 5.69. The van der Waals surface area contributed by atoms with Gasteiger partial charge in [0.1, 0.15) is 4.60 Å². The number of nitrogens with two attached hydrogens (primary N) is 1. The van der Waals surface area contributed by atoms with E-state index in [1.165, 1.54) is 0 Å². The first-order valence-corrected chi connectivity index (χ1v) is 4.91. The summed E-state index contributed by atoms with van der Waals surface area (Å²) in [6, 6.07) is 5.65. The molecule has 2 rings (SSSR count). The van der Waals surface area contributed by atoms with Crippen molar-refractivity contribution >= 4 is 21.6 Å². The smallest absolute Gasteiger partial charge is 0.155 e. The van der Waals surface area contributed by atoms with E-state index in [2.05, 4.69) is 26.0 Å². The van der Waals surface area contributed by atoms with Crippen LogP contribution in [0.15, 0.2) is 29.0 Å². The summed E-state index contributed by atoms with van der Waals surface area (Å²) in [5, 5.41) is 4.14. The normalized spacial score (nSPS) is 10.4. The Labute approximate surface area is 89.9 Å². The highest BCUT2D eigenvalue weighted by Crippen LogP contribution is 2.15. The van der Waals surface area contributed by atoms with Crippen LogP contribution in [0.5, 0.6) is 0 Å². The summed E-state index contributed by atoms with van der Waals surface area (Å²) in [7, 11) is 0. The fourth-order valence-electron chi connectivity index (χ4n) is 1.17. The van der Waals surface area contributed by atoms with E-state index in [1.807, 2.05) is 25.1 Å². The van der Waals surface area contributed by atoms with Crippen molar-refractivity contribution in [3.05, 3.63) is 34.7 Å². The molecule has 2 N–H and O–H groups in total. The van der Waals surface area contributed by atoms with E-state index >= 15 is 0 Å². The summed E-state index contributed by atoms with van der Waals surface area (Å²) in [5.74, 6) is 0.758. The van der Waals surface area contributed by atoms with Crippen molar-refractivity contribution in [2.75, 3.05) is 5.73 Å². The Kier molecular flexibility index (Phi) is 2.25. The van der Waals surface area contributed by atoms with Crippen LogP contribution in [0.3, 0.4) is 0 Å². The molecule has 14 heavy (non-hydrogen) atoms. The molecule has 0 aliphatic rings. The summed E-state index contributed by atoms with van der Waals surface area (Å²) in [5.41, 5.74) is 7.26. The lowest BCUT2D eigenvalue weighted by Gasteiger charge is -2.03. The van der Waals surface area contributed by atoms with Gasteiger partial charge >= 0.3 is 0 Å². The van der Waals surface area contributed by atoms with Crippen LogP contribution in [0.4, 0.5) is 5.69 Å². The van der Waals surface area contributed by atoms with Gasteiger partial charge in [-0.25, -0.2) is 9.67 Å². The molecule has 0 saturated heterocycles. The van der Waals surface area contributed by atoms with Crippen molar-refractivity contribution < 1.29 is 0 Å².